The number of carbonyl (C=O) groups is 3. The standard InChI is InChI=1S/C19H15F3N2O4/c1-28-19(27)9-3-2-4-10(7-9)23-17(25)11-8-12(11)18(26)24-14-6-5-13(20)15(21)16(14)22/h2-7,11-12H,8H2,1H3,(H,23,25)(H,24,26). The minimum Gasteiger partial charge on any atom is -0.465 e. The zero-order chi connectivity index (χ0) is 20.4. The van der Waals surface area contributed by atoms with Crippen molar-refractivity contribution < 1.29 is 32.3 Å². The van der Waals surface area contributed by atoms with Crippen LogP contribution >= 0.6 is 0 Å². The fourth-order valence-electron chi connectivity index (χ4n) is 2.70. The number of halogens is 3. The van der Waals surface area contributed by atoms with E-state index in [4.69, 9.17) is 0 Å². The number of anilines is 2. The number of esters is 1. The Kier molecular flexibility index (Phi) is 5.34. The summed E-state index contributed by atoms with van der Waals surface area (Å²) in [6.07, 6.45) is 0.222. The maximum Gasteiger partial charge on any atom is 0.337 e. The number of carbonyl (C=O) groups excluding carboxylic acids is 3. The van der Waals surface area contributed by atoms with E-state index in [1.807, 2.05) is 0 Å². The summed E-state index contributed by atoms with van der Waals surface area (Å²) in [5.74, 6) is -7.63. The van der Waals surface area contributed by atoms with Crippen LogP contribution in [0.15, 0.2) is 36.4 Å². The summed E-state index contributed by atoms with van der Waals surface area (Å²) in [4.78, 5) is 35.9. The fraction of sp³-hybridized carbons (Fsp3) is 0.211. The van der Waals surface area contributed by atoms with Crippen LogP contribution in [0.4, 0.5) is 24.5 Å². The third kappa shape index (κ3) is 3.98. The zero-order valence-electron chi connectivity index (χ0n) is 14.6. The highest BCUT2D eigenvalue weighted by Gasteiger charge is 2.48. The van der Waals surface area contributed by atoms with Crippen molar-refractivity contribution >= 4 is 29.2 Å². The molecule has 1 saturated carbocycles. The summed E-state index contributed by atoms with van der Waals surface area (Å²) in [5.41, 5.74) is 0.102. The maximum absolute atomic E-state index is 13.6. The van der Waals surface area contributed by atoms with E-state index in [9.17, 15) is 27.6 Å². The summed E-state index contributed by atoms with van der Waals surface area (Å²) >= 11 is 0. The Morgan fingerprint density at radius 3 is 2.32 bits per heavy atom. The van der Waals surface area contributed by atoms with Gasteiger partial charge in [0.05, 0.1) is 30.2 Å². The molecule has 9 heteroatoms. The summed E-state index contributed by atoms with van der Waals surface area (Å²) in [6.45, 7) is 0. The van der Waals surface area contributed by atoms with Gasteiger partial charge in [-0.05, 0) is 36.8 Å². The molecule has 0 radical (unpaired) electrons. The third-order valence-corrected chi connectivity index (χ3v) is 4.31. The van der Waals surface area contributed by atoms with E-state index in [0.29, 0.717) is 11.8 Å². The van der Waals surface area contributed by atoms with Crippen LogP contribution in [-0.2, 0) is 14.3 Å². The van der Waals surface area contributed by atoms with E-state index >= 15 is 0 Å². The van der Waals surface area contributed by atoms with Gasteiger partial charge in [-0.3, -0.25) is 9.59 Å². The molecule has 2 N–H and O–H groups in total. The second-order valence-electron chi connectivity index (χ2n) is 6.22. The first-order valence-electron chi connectivity index (χ1n) is 8.25. The van der Waals surface area contributed by atoms with Gasteiger partial charge < -0.3 is 15.4 Å². The number of methoxy groups -OCH3 is 1. The first-order valence-corrected chi connectivity index (χ1v) is 8.25. The number of amides is 2. The minimum absolute atomic E-state index is 0.222. The van der Waals surface area contributed by atoms with E-state index in [-0.39, 0.29) is 12.0 Å². The van der Waals surface area contributed by atoms with E-state index in [0.717, 1.165) is 6.07 Å². The molecule has 2 aromatic carbocycles. The van der Waals surface area contributed by atoms with Gasteiger partial charge in [-0.2, -0.15) is 0 Å². The molecule has 0 bridgehead atoms. The Morgan fingerprint density at radius 1 is 0.964 bits per heavy atom. The molecule has 2 amide bonds. The molecule has 28 heavy (non-hydrogen) atoms. The summed E-state index contributed by atoms with van der Waals surface area (Å²) in [6, 6.07) is 7.67. The van der Waals surface area contributed by atoms with Crippen molar-refractivity contribution in [1.29, 1.82) is 0 Å². The van der Waals surface area contributed by atoms with Gasteiger partial charge in [0.1, 0.15) is 0 Å². The summed E-state index contributed by atoms with van der Waals surface area (Å²) in [7, 11) is 1.23. The average molecular weight is 392 g/mol. The molecule has 1 aliphatic rings. The Morgan fingerprint density at radius 2 is 1.64 bits per heavy atom. The SMILES string of the molecule is COC(=O)c1cccc(NC(=O)C2CC2C(=O)Nc2ccc(F)c(F)c2F)c1. The molecule has 2 unspecified atom stereocenters. The smallest absolute Gasteiger partial charge is 0.337 e. The number of ether oxygens (including phenoxy) is 1. The van der Waals surface area contributed by atoms with Crippen molar-refractivity contribution in [2.24, 2.45) is 11.8 Å². The van der Waals surface area contributed by atoms with Crippen LogP contribution in [0.1, 0.15) is 16.8 Å². The minimum atomic E-state index is -1.69. The Labute approximate surface area is 157 Å². The van der Waals surface area contributed by atoms with Gasteiger partial charge >= 0.3 is 5.97 Å². The lowest BCUT2D eigenvalue weighted by atomic mass is 10.2. The van der Waals surface area contributed by atoms with Gasteiger partial charge in [-0.15, -0.1) is 0 Å². The highest BCUT2D eigenvalue weighted by Crippen LogP contribution is 2.40. The van der Waals surface area contributed by atoms with Gasteiger partial charge in [-0.25, -0.2) is 18.0 Å². The molecule has 3 rings (SSSR count). The quantitative estimate of drug-likeness (QED) is 0.605. The highest BCUT2D eigenvalue weighted by atomic mass is 19.2. The maximum atomic E-state index is 13.6. The lowest BCUT2D eigenvalue weighted by Gasteiger charge is -2.08. The van der Waals surface area contributed by atoms with Crippen molar-refractivity contribution in [2.45, 2.75) is 6.42 Å². The zero-order valence-corrected chi connectivity index (χ0v) is 14.6. The summed E-state index contributed by atoms with van der Waals surface area (Å²) < 4.78 is 44.4. The van der Waals surface area contributed by atoms with Crippen molar-refractivity contribution in [3.05, 3.63) is 59.4 Å². The van der Waals surface area contributed by atoms with Crippen molar-refractivity contribution in [1.82, 2.24) is 0 Å². The number of benzene rings is 2. The molecule has 1 fully saturated rings. The second kappa shape index (κ2) is 7.71. The van der Waals surface area contributed by atoms with Crippen LogP contribution in [0, 0.1) is 29.3 Å². The van der Waals surface area contributed by atoms with Crippen LogP contribution < -0.4 is 10.6 Å². The van der Waals surface area contributed by atoms with Crippen LogP contribution in [0.25, 0.3) is 0 Å². The predicted molar refractivity (Wildman–Crippen MR) is 93.0 cm³/mol. The average Bonchev–Trinajstić information content (AvgIpc) is 3.49. The molecule has 0 saturated heterocycles. The highest BCUT2D eigenvalue weighted by molar-refractivity contribution is 6.03. The number of rotatable bonds is 5. The van der Waals surface area contributed by atoms with Gasteiger partial charge in [0, 0.05) is 5.69 Å². The molecular formula is C19H15F3N2O4. The molecule has 146 valence electrons. The molecular weight excluding hydrogens is 377 g/mol. The molecule has 0 spiro atoms. The molecule has 1 aliphatic carbocycles. The van der Waals surface area contributed by atoms with Crippen molar-refractivity contribution in [2.75, 3.05) is 17.7 Å². The topological polar surface area (TPSA) is 84.5 Å². The van der Waals surface area contributed by atoms with Crippen LogP contribution in [0.2, 0.25) is 0 Å². The lowest BCUT2D eigenvalue weighted by molar-refractivity contribution is -0.122. The number of hydrogen-bond acceptors (Lipinski definition) is 4. The van der Waals surface area contributed by atoms with Gasteiger partial charge in [0.25, 0.3) is 0 Å². The fourth-order valence-corrected chi connectivity index (χ4v) is 2.70. The van der Waals surface area contributed by atoms with Crippen LogP contribution in [-0.4, -0.2) is 24.9 Å². The van der Waals surface area contributed by atoms with Crippen molar-refractivity contribution in [3.63, 3.8) is 0 Å². The van der Waals surface area contributed by atoms with E-state index in [1.54, 1.807) is 12.1 Å². The van der Waals surface area contributed by atoms with Crippen LogP contribution in [0.5, 0.6) is 0 Å². The third-order valence-electron chi connectivity index (χ3n) is 4.31. The van der Waals surface area contributed by atoms with E-state index < -0.39 is 52.8 Å². The van der Waals surface area contributed by atoms with E-state index in [2.05, 4.69) is 15.4 Å². The number of nitrogens with one attached hydrogen (secondary N) is 2. The van der Waals surface area contributed by atoms with Gasteiger partial charge in [0.2, 0.25) is 11.8 Å². The molecule has 0 heterocycles. The Bertz CT molecular complexity index is 964. The largest absolute Gasteiger partial charge is 0.465 e. The van der Waals surface area contributed by atoms with Gasteiger partial charge in [0.15, 0.2) is 17.5 Å². The molecule has 2 aromatic rings. The summed E-state index contributed by atoms with van der Waals surface area (Å²) in [5, 5.41) is 4.75. The Hall–Kier alpha value is -3.36. The Balaban J connectivity index is 1.60. The normalized spacial score (nSPS) is 17.6. The first kappa shape index (κ1) is 19.4. The van der Waals surface area contributed by atoms with E-state index in [1.165, 1.54) is 19.2 Å². The molecule has 0 aromatic heterocycles. The molecule has 6 nitrogen and oxygen atoms in total. The monoisotopic (exact) mass is 392 g/mol. The first-order chi connectivity index (χ1) is 13.3. The molecule has 2 atom stereocenters. The molecule has 0 aliphatic heterocycles. The predicted octanol–water partition coefficient (Wildman–Crippen LogP) is 3.10. The van der Waals surface area contributed by atoms with Gasteiger partial charge in [-0.1, -0.05) is 6.07 Å². The lowest BCUT2D eigenvalue weighted by Crippen LogP contribution is -2.21. The van der Waals surface area contributed by atoms with Crippen molar-refractivity contribution in [3.8, 4) is 0 Å². The second-order valence-corrected chi connectivity index (χ2v) is 6.22. The number of hydrogen-bond donors (Lipinski definition) is 2. The van der Waals surface area contributed by atoms with Crippen LogP contribution in [0.3, 0.4) is 0 Å².